The molecule has 96 valence electrons. The number of piperidine rings is 1. The lowest BCUT2D eigenvalue weighted by Crippen LogP contribution is -2.41. The maximum atomic E-state index is 9.52. The third-order valence-electron chi connectivity index (χ3n) is 3.80. The first kappa shape index (κ1) is 13.4. The highest BCUT2D eigenvalue weighted by atomic mass is 35.5. The van der Waals surface area contributed by atoms with Crippen LogP contribution in [0.5, 0.6) is 0 Å². The minimum Gasteiger partial charge on any atom is -0.281 e. The van der Waals surface area contributed by atoms with E-state index in [9.17, 15) is 5.26 Å². The van der Waals surface area contributed by atoms with Crippen molar-refractivity contribution in [3.05, 3.63) is 34.9 Å². The maximum Gasteiger partial charge on any atom is 0.125 e. The van der Waals surface area contributed by atoms with Crippen LogP contribution >= 0.6 is 11.6 Å². The molecule has 2 unspecified atom stereocenters. The van der Waals surface area contributed by atoms with Gasteiger partial charge in [-0.05, 0) is 25.3 Å². The van der Waals surface area contributed by atoms with Gasteiger partial charge in [0, 0.05) is 23.2 Å². The van der Waals surface area contributed by atoms with E-state index in [-0.39, 0.29) is 6.04 Å². The topological polar surface area (TPSA) is 27.0 Å². The van der Waals surface area contributed by atoms with Crippen molar-refractivity contribution in [3.8, 4) is 6.07 Å². The van der Waals surface area contributed by atoms with Crippen molar-refractivity contribution in [2.24, 2.45) is 0 Å². The van der Waals surface area contributed by atoms with Gasteiger partial charge in [-0.1, -0.05) is 43.1 Å². The fourth-order valence-corrected chi connectivity index (χ4v) is 3.06. The van der Waals surface area contributed by atoms with Crippen LogP contribution in [0.2, 0.25) is 5.02 Å². The smallest absolute Gasteiger partial charge is 0.125 e. The lowest BCUT2D eigenvalue weighted by atomic mass is 9.95. The summed E-state index contributed by atoms with van der Waals surface area (Å²) in [7, 11) is 0. The highest BCUT2D eigenvalue weighted by molar-refractivity contribution is 6.31. The molecule has 0 saturated carbocycles. The van der Waals surface area contributed by atoms with Crippen molar-refractivity contribution in [2.75, 3.05) is 6.54 Å². The Morgan fingerprint density at radius 2 is 2.22 bits per heavy atom. The van der Waals surface area contributed by atoms with Gasteiger partial charge in [0.25, 0.3) is 0 Å². The second-order valence-electron chi connectivity index (χ2n) is 4.85. The highest BCUT2D eigenvalue weighted by Gasteiger charge is 2.29. The van der Waals surface area contributed by atoms with Crippen LogP contribution in [0.15, 0.2) is 24.3 Å². The van der Waals surface area contributed by atoms with Crippen LogP contribution in [0, 0.1) is 11.3 Å². The summed E-state index contributed by atoms with van der Waals surface area (Å²) in [6.07, 6.45) is 4.75. The quantitative estimate of drug-likeness (QED) is 0.818. The summed E-state index contributed by atoms with van der Waals surface area (Å²) in [6, 6.07) is 10.4. The zero-order chi connectivity index (χ0) is 13.0. The van der Waals surface area contributed by atoms with Crippen LogP contribution in [0.1, 0.15) is 44.2 Å². The first-order valence-electron chi connectivity index (χ1n) is 6.67. The number of halogens is 1. The summed E-state index contributed by atoms with van der Waals surface area (Å²) in [6.45, 7) is 3.20. The first-order valence-corrected chi connectivity index (χ1v) is 7.05. The van der Waals surface area contributed by atoms with Crippen LogP contribution in [-0.2, 0) is 0 Å². The van der Waals surface area contributed by atoms with E-state index in [0.29, 0.717) is 11.1 Å². The van der Waals surface area contributed by atoms with E-state index < -0.39 is 0 Å². The molecular weight excluding hydrogens is 244 g/mol. The Morgan fingerprint density at radius 3 is 2.89 bits per heavy atom. The Kier molecular flexibility index (Phi) is 4.63. The van der Waals surface area contributed by atoms with Gasteiger partial charge in [-0.15, -0.1) is 0 Å². The number of hydrogen-bond acceptors (Lipinski definition) is 2. The van der Waals surface area contributed by atoms with Crippen molar-refractivity contribution < 1.29 is 0 Å². The summed E-state index contributed by atoms with van der Waals surface area (Å²) in [5.41, 5.74) is 0.946. The van der Waals surface area contributed by atoms with Gasteiger partial charge >= 0.3 is 0 Å². The Labute approximate surface area is 114 Å². The highest BCUT2D eigenvalue weighted by Crippen LogP contribution is 2.32. The molecule has 2 atom stereocenters. The molecule has 1 saturated heterocycles. The molecule has 0 radical (unpaired) electrons. The van der Waals surface area contributed by atoms with Gasteiger partial charge in [0.1, 0.15) is 6.04 Å². The molecule has 1 fully saturated rings. The van der Waals surface area contributed by atoms with E-state index in [1.165, 1.54) is 19.3 Å². The SMILES string of the molecule is CCC1CCCCN1C(C#N)c1ccccc1Cl. The van der Waals surface area contributed by atoms with Crippen LogP contribution in [0.4, 0.5) is 0 Å². The molecule has 0 aromatic heterocycles. The monoisotopic (exact) mass is 262 g/mol. The van der Waals surface area contributed by atoms with Gasteiger partial charge in [-0.25, -0.2) is 0 Å². The Morgan fingerprint density at radius 1 is 1.44 bits per heavy atom. The summed E-state index contributed by atoms with van der Waals surface area (Å²) in [4.78, 5) is 2.32. The largest absolute Gasteiger partial charge is 0.281 e. The average molecular weight is 263 g/mol. The Bertz CT molecular complexity index is 438. The number of likely N-dealkylation sites (tertiary alicyclic amines) is 1. The normalized spacial score (nSPS) is 22.4. The van der Waals surface area contributed by atoms with Gasteiger partial charge in [0.15, 0.2) is 0 Å². The second kappa shape index (κ2) is 6.22. The molecule has 1 aliphatic rings. The second-order valence-corrected chi connectivity index (χ2v) is 5.26. The van der Waals surface area contributed by atoms with Gasteiger partial charge in [0.2, 0.25) is 0 Å². The number of benzene rings is 1. The van der Waals surface area contributed by atoms with Crippen molar-refractivity contribution >= 4 is 11.6 Å². The van der Waals surface area contributed by atoms with E-state index in [0.717, 1.165) is 18.5 Å². The molecule has 0 aliphatic carbocycles. The van der Waals surface area contributed by atoms with Gasteiger partial charge < -0.3 is 0 Å². The zero-order valence-electron chi connectivity index (χ0n) is 10.8. The standard InChI is InChI=1S/C15H19ClN2/c1-2-12-7-5-6-10-18(12)15(11-17)13-8-3-4-9-14(13)16/h3-4,8-9,12,15H,2,5-7,10H2,1H3. The predicted molar refractivity (Wildman–Crippen MR) is 74.4 cm³/mol. The average Bonchev–Trinajstić information content (AvgIpc) is 2.42. The van der Waals surface area contributed by atoms with Gasteiger partial charge in [-0.2, -0.15) is 5.26 Å². The van der Waals surface area contributed by atoms with Crippen molar-refractivity contribution in [2.45, 2.75) is 44.7 Å². The van der Waals surface area contributed by atoms with E-state index in [4.69, 9.17) is 11.6 Å². The molecule has 2 nitrogen and oxygen atoms in total. The van der Waals surface area contributed by atoms with Crippen LogP contribution < -0.4 is 0 Å². The molecule has 18 heavy (non-hydrogen) atoms. The van der Waals surface area contributed by atoms with E-state index in [1.54, 1.807) is 0 Å². The number of hydrogen-bond donors (Lipinski definition) is 0. The molecule has 1 heterocycles. The minimum absolute atomic E-state index is 0.205. The summed E-state index contributed by atoms with van der Waals surface area (Å²) in [5, 5.41) is 10.2. The molecule has 1 aromatic rings. The van der Waals surface area contributed by atoms with Gasteiger partial charge in [0.05, 0.1) is 6.07 Å². The fourth-order valence-electron chi connectivity index (χ4n) is 2.82. The summed E-state index contributed by atoms with van der Waals surface area (Å²) >= 11 is 6.23. The third kappa shape index (κ3) is 2.68. The van der Waals surface area contributed by atoms with Crippen molar-refractivity contribution in [1.82, 2.24) is 4.90 Å². The Hall–Kier alpha value is -1.04. The van der Waals surface area contributed by atoms with Gasteiger partial charge in [-0.3, -0.25) is 4.90 Å². The molecule has 3 heteroatoms. The number of nitriles is 1. The fraction of sp³-hybridized carbons (Fsp3) is 0.533. The van der Waals surface area contributed by atoms with E-state index in [2.05, 4.69) is 17.9 Å². The molecule has 0 amide bonds. The summed E-state index contributed by atoms with van der Waals surface area (Å²) < 4.78 is 0. The van der Waals surface area contributed by atoms with Crippen LogP contribution in [0.25, 0.3) is 0 Å². The molecule has 1 aromatic carbocycles. The molecule has 1 aliphatic heterocycles. The Balaban J connectivity index is 2.28. The van der Waals surface area contributed by atoms with Crippen molar-refractivity contribution in [3.63, 3.8) is 0 Å². The molecule has 0 spiro atoms. The van der Waals surface area contributed by atoms with E-state index in [1.807, 2.05) is 24.3 Å². The predicted octanol–water partition coefficient (Wildman–Crippen LogP) is 4.17. The molecule has 0 N–H and O–H groups in total. The van der Waals surface area contributed by atoms with Crippen LogP contribution in [0.3, 0.4) is 0 Å². The lowest BCUT2D eigenvalue weighted by Gasteiger charge is -2.38. The molecular formula is C15H19ClN2. The molecule has 2 rings (SSSR count). The number of rotatable bonds is 3. The zero-order valence-corrected chi connectivity index (χ0v) is 11.5. The number of nitrogens with zero attached hydrogens (tertiary/aromatic N) is 2. The van der Waals surface area contributed by atoms with E-state index >= 15 is 0 Å². The molecule has 0 bridgehead atoms. The summed E-state index contributed by atoms with van der Waals surface area (Å²) in [5.74, 6) is 0. The first-order chi connectivity index (χ1) is 8.77. The minimum atomic E-state index is -0.205. The lowest BCUT2D eigenvalue weighted by molar-refractivity contribution is 0.117. The maximum absolute atomic E-state index is 9.52. The van der Waals surface area contributed by atoms with Crippen LogP contribution in [-0.4, -0.2) is 17.5 Å². The third-order valence-corrected chi connectivity index (χ3v) is 4.14. The van der Waals surface area contributed by atoms with Crippen molar-refractivity contribution in [1.29, 1.82) is 5.26 Å².